The second kappa shape index (κ2) is 4.52. The van der Waals surface area contributed by atoms with Gasteiger partial charge in [-0.15, -0.1) is 0 Å². The Bertz CT molecular complexity index is 407. The van der Waals surface area contributed by atoms with E-state index in [9.17, 15) is 9.90 Å². The first-order valence-electron chi connectivity index (χ1n) is 6.40. The van der Waals surface area contributed by atoms with Crippen LogP contribution in [0.1, 0.15) is 49.7 Å². The highest BCUT2D eigenvalue weighted by Gasteiger charge is 2.59. The molecule has 2 nitrogen and oxygen atoms in total. The number of carboxylic acids is 1. The van der Waals surface area contributed by atoms with E-state index in [1.807, 2.05) is 0 Å². The molecule has 2 rings (SSSR count). The fraction of sp³-hybridized carbons (Fsp3) is 0.533. The summed E-state index contributed by atoms with van der Waals surface area (Å²) in [4.78, 5) is 11.4. The summed E-state index contributed by atoms with van der Waals surface area (Å²) < 4.78 is 0. The maximum Gasteiger partial charge on any atom is 0.310 e. The summed E-state index contributed by atoms with van der Waals surface area (Å²) in [5.74, 6) is -0.385. The van der Waals surface area contributed by atoms with E-state index in [4.69, 9.17) is 0 Å². The molecule has 0 radical (unpaired) electrons. The maximum atomic E-state index is 11.4. The first kappa shape index (κ1) is 12.2. The lowest BCUT2D eigenvalue weighted by atomic mass is 9.93. The van der Waals surface area contributed by atoms with Crippen LogP contribution in [-0.4, -0.2) is 11.1 Å². The zero-order chi connectivity index (χ0) is 12.5. The Labute approximate surface area is 103 Å². The number of carboxylic acid groups (broad SMARTS) is 1. The fourth-order valence-electron chi connectivity index (χ4n) is 2.65. The third kappa shape index (κ3) is 2.21. The number of aryl methyl sites for hydroxylation is 1. The highest BCUT2D eigenvalue weighted by Crippen LogP contribution is 2.62. The van der Waals surface area contributed by atoms with Crippen LogP contribution in [0.3, 0.4) is 0 Å². The van der Waals surface area contributed by atoms with Gasteiger partial charge in [0.15, 0.2) is 0 Å². The first-order chi connectivity index (χ1) is 8.10. The standard InChI is InChI=1S/C15H20O2/c1-3-4-9-15(14(16)17)10-13(15)12-7-5-11(2)6-8-12/h5-8,13H,3-4,9-10H2,1-2H3,(H,16,17)/t13-,15-/m1/s1. The third-order valence-corrected chi connectivity index (χ3v) is 3.96. The lowest BCUT2D eigenvalue weighted by Crippen LogP contribution is -2.17. The molecular weight excluding hydrogens is 212 g/mol. The molecule has 0 bridgehead atoms. The summed E-state index contributed by atoms with van der Waals surface area (Å²) in [6.07, 6.45) is 3.70. The van der Waals surface area contributed by atoms with Gasteiger partial charge < -0.3 is 5.11 Å². The van der Waals surface area contributed by atoms with Gasteiger partial charge in [0.1, 0.15) is 0 Å². The number of carbonyl (C=O) groups is 1. The predicted octanol–water partition coefficient (Wildman–Crippen LogP) is 3.74. The Morgan fingerprint density at radius 1 is 1.41 bits per heavy atom. The summed E-state index contributed by atoms with van der Waals surface area (Å²) in [5, 5.41) is 9.42. The van der Waals surface area contributed by atoms with E-state index in [1.54, 1.807) is 0 Å². The molecule has 1 aliphatic rings. The topological polar surface area (TPSA) is 37.3 Å². The number of hydrogen-bond donors (Lipinski definition) is 1. The molecule has 0 heterocycles. The molecule has 17 heavy (non-hydrogen) atoms. The average Bonchev–Trinajstić information content (AvgIpc) is 3.03. The number of unbranched alkanes of at least 4 members (excludes halogenated alkanes) is 1. The molecule has 1 saturated carbocycles. The number of rotatable bonds is 5. The zero-order valence-electron chi connectivity index (χ0n) is 10.6. The van der Waals surface area contributed by atoms with Crippen molar-refractivity contribution in [3.05, 3.63) is 35.4 Å². The Morgan fingerprint density at radius 3 is 2.59 bits per heavy atom. The number of hydrogen-bond acceptors (Lipinski definition) is 1. The molecule has 1 aromatic carbocycles. The molecule has 2 heteroatoms. The van der Waals surface area contributed by atoms with Crippen LogP contribution in [0.4, 0.5) is 0 Å². The lowest BCUT2D eigenvalue weighted by molar-refractivity contribution is -0.143. The van der Waals surface area contributed by atoms with Crippen LogP contribution in [0.15, 0.2) is 24.3 Å². The van der Waals surface area contributed by atoms with E-state index >= 15 is 0 Å². The van der Waals surface area contributed by atoms with Crippen molar-refractivity contribution in [2.24, 2.45) is 5.41 Å². The van der Waals surface area contributed by atoms with Gasteiger partial charge in [0.2, 0.25) is 0 Å². The van der Waals surface area contributed by atoms with Crippen molar-refractivity contribution in [2.45, 2.75) is 45.4 Å². The van der Waals surface area contributed by atoms with Crippen molar-refractivity contribution in [1.82, 2.24) is 0 Å². The van der Waals surface area contributed by atoms with Gasteiger partial charge in [-0.25, -0.2) is 0 Å². The van der Waals surface area contributed by atoms with Crippen LogP contribution < -0.4 is 0 Å². The Kier molecular flexibility index (Phi) is 3.23. The van der Waals surface area contributed by atoms with Crippen molar-refractivity contribution in [2.75, 3.05) is 0 Å². The molecule has 0 unspecified atom stereocenters. The molecule has 0 saturated heterocycles. The van der Waals surface area contributed by atoms with E-state index < -0.39 is 11.4 Å². The summed E-state index contributed by atoms with van der Waals surface area (Å²) in [7, 11) is 0. The second-order valence-corrected chi connectivity index (χ2v) is 5.23. The van der Waals surface area contributed by atoms with Crippen LogP contribution in [0.25, 0.3) is 0 Å². The summed E-state index contributed by atoms with van der Waals surface area (Å²) in [5.41, 5.74) is 1.95. The van der Waals surface area contributed by atoms with Gasteiger partial charge in [-0.3, -0.25) is 4.79 Å². The van der Waals surface area contributed by atoms with Crippen LogP contribution in [0.2, 0.25) is 0 Å². The highest BCUT2D eigenvalue weighted by molar-refractivity contribution is 5.80. The van der Waals surface area contributed by atoms with E-state index in [0.29, 0.717) is 0 Å². The largest absolute Gasteiger partial charge is 0.481 e. The number of benzene rings is 1. The van der Waals surface area contributed by atoms with Gasteiger partial charge >= 0.3 is 5.97 Å². The van der Waals surface area contributed by atoms with E-state index in [0.717, 1.165) is 25.7 Å². The molecule has 1 N–H and O–H groups in total. The van der Waals surface area contributed by atoms with Gasteiger partial charge in [0.05, 0.1) is 5.41 Å². The fourth-order valence-corrected chi connectivity index (χ4v) is 2.65. The summed E-state index contributed by atoms with van der Waals surface area (Å²) >= 11 is 0. The van der Waals surface area contributed by atoms with Crippen molar-refractivity contribution in [3.8, 4) is 0 Å². The molecule has 1 aromatic rings. The van der Waals surface area contributed by atoms with Crippen molar-refractivity contribution < 1.29 is 9.90 Å². The van der Waals surface area contributed by atoms with Crippen LogP contribution in [-0.2, 0) is 4.79 Å². The molecule has 0 aliphatic heterocycles. The quantitative estimate of drug-likeness (QED) is 0.839. The average molecular weight is 232 g/mol. The predicted molar refractivity (Wildman–Crippen MR) is 68.1 cm³/mol. The molecular formula is C15H20O2. The molecule has 0 aromatic heterocycles. The summed E-state index contributed by atoms with van der Waals surface area (Å²) in [6.45, 7) is 4.16. The first-order valence-corrected chi connectivity index (χ1v) is 6.40. The zero-order valence-corrected chi connectivity index (χ0v) is 10.6. The monoisotopic (exact) mass is 232 g/mol. The van der Waals surface area contributed by atoms with Crippen LogP contribution >= 0.6 is 0 Å². The minimum atomic E-state index is -0.614. The van der Waals surface area contributed by atoms with Crippen molar-refractivity contribution >= 4 is 5.97 Å². The van der Waals surface area contributed by atoms with Crippen molar-refractivity contribution in [1.29, 1.82) is 0 Å². The van der Waals surface area contributed by atoms with Gasteiger partial charge in [-0.2, -0.15) is 0 Å². The minimum absolute atomic E-state index is 0.229. The Balaban J connectivity index is 2.14. The van der Waals surface area contributed by atoms with E-state index in [1.165, 1.54) is 11.1 Å². The van der Waals surface area contributed by atoms with E-state index in [-0.39, 0.29) is 5.92 Å². The SMILES string of the molecule is CCCC[C@@]1(C(=O)O)C[C@@H]1c1ccc(C)cc1. The number of aliphatic carboxylic acids is 1. The molecule has 1 aliphatic carbocycles. The highest BCUT2D eigenvalue weighted by atomic mass is 16.4. The van der Waals surface area contributed by atoms with Gasteiger partial charge in [0, 0.05) is 5.92 Å². The summed E-state index contributed by atoms with van der Waals surface area (Å²) in [6, 6.07) is 8.30. The van der Waals surface area contributed by atoms with Gasteiger partial charge in [-0.05, 0) is 25.3 Å². The lowest BCUT2D eigenvalue weighted by Gasteiger charge is -2.11. The van der Waals surface area contributed by atoms with Crippen molar-refractivity contribution in [3.63, 3.8) is 0 Å². The minimum Gasteiger partial charge on any atom is -0.481 e. The molecule has 1 fully saturated rings. The molecule has 0 spiro atoms. The molecule has 92 valence electrons. The maximum absolute atomic E-state index is 11.4. The molecule has 2 atom stereocenters. The van der Waals surface area contributed by atoms with E-state index in [2.05, 4.69) is 38.1 Å². The Hall–Kier alpha value is -1.31. The third-order valence-electron chi connectivity index (χ3n) is 3.96. The van der Waals surface area contributed by atoms with Gasteiger partial charge in [-0.1, -0.05) is 49.6 Å². The normalized spacial score (nSPS) is 26.8. The Morgan fingerprint density at radius 2 is 2.06 bits per heavy atom. The smallest absolute Gasteiger partial charge is 0.310 e. The van der Waals surface area contributed by atoms with Crippen LogP contribution in [0.5, 0.6) is 0 Å². The van der Waals surface area contributed by atoms with Crippen LogP contribution in [0, 0.1) is 12.3 Å². The molecule has 0 amide bonds. The van der Waals surface area contributed by atoms with Gasteiger partial charge in [0.25, 0.3) is 0 Å². The second-order valence-electron chi connectivity index (χ2n) is 5.23.